The molecule has 0 atom stereocenters. The number of likely N-dealkylation sites (tertiary alicyclic amines) is 1. The number of carbonyl (C=O) groups excluding carboxylic acids is 1. The molecule has 2 aromatic rings. The zero-order chi connectivity index (χ0) is 18.2. The molecule has 0 spiro atoms. The van der Waals surface area contributed by atoms with Crippen molar-refractivity contribution in [3.05, 3.63) is 59.0 Å². The summed E-state index contributed by atoms with van der Waals surface area (Å²) in [6, 6.07) is 6.22. The van der Waals surface area contributed by atoms with Crippen molar-refractivity contribution in [1.29, 1.82) is 0 Å². The molecule has 1 aromatic carbocycles. The molecule has 0 unspecified atom stereocenters. The van der Waals surface area contributed by atoms with E-state index in [1.807, 2.05) is 0 Å². The molecule has 1 amide bonds. The molecular weight excluding hydrogens is 340 g/mol. The Morgan fingerprint density at radius 2 is 2.00 bits per heavy atom. The Hall–Kier alpha value is -2.64. The van der Waals surface area contributed by atoms with Crippen molar-refractivity contribution in [2.75, 3.05) is 13.1 Å². The van der Waals surface area contributed by atoms with E-state index >= 15 is 0 Å². The minimum atomic E-state index is -4.57. The molecule has 25 heavy (non-hydrogen) atoms. The van der Waals surface area contributed by atoms with Crippen LogP contribution in [0.5, 0.6) is 5.88 Å². The summed E-state index contributed by atoms with van der Waals surface area (Å²) in [5.74, 6) is -1.38. The van der Waals surface area contributed by atoms with Crippen LogP contribution in [-0.2, 0) is 6.18 Å². The van der Waals surface area contributed by atoms with Crippen LogP contribution in [0.25, 0.3) is 0 Å². The van der Waals surface area contributed by atoms with Crippen LogP contribution in [0.4, 0.5) is 17.6 Å². The molecule has 1 aliphatic rings. The van der Waals surface area contributed by atoms with Crippen LogP contribution in [0.1, 0.15) is 21.5 Å². The molecule has 2 heterocycles. The number of ether oxygens (including phenoxy) is 1. The highest BCUT2D eigenvalue weighted by Gasteiger charge is 2.38. The van der Waals surface area contributed by atoms with E-state index in [0.29, 0.717) is 5.56 Å². The van der Waals surface area contributed by atoms with Gasteiger partial charge in [-0.05, 0) is 36.8 Å². The highest BCUT2D eigenvalue weighted by Crippen LogP contribution is 2.35. The van der Waals surface area contributed by atoms with Gasteiger partial charge in [-0.1, -0.05) is 6.07 Å². The zero-order valence-electron chi connectivity index (χ0n) is 13.2. The third-order valence-corrected chi connectivity index (χ3v) is 3.91. The van der Waals surface area contributed by atoms with Crippen LogP contribution in [0, 0.1) is 12.7 Å². The first kappa shape index (κ1) is 17.2. The van der Waals surface area contributed by atoms with E-state index in [1.165, 1.54) is 29.3 Å². The Bertz CT molecular complexity index is 801. The first-order valence-electron chi connectivity index (χ1n) is 7.50. The summed E-state index contributed by atoms with van der Waals surface area (Å²) in [6.45, 7) is 1.81. The first-order valence-corrected chi connectivity index (χ1v) is 7.50. The highest BCUT2D eigenvalue weighted by atomic mass is 19.4. The third-order valence-electron chi connectivity index (χ3n) is 3.91. The summed E-state index contributed by atoms with van der Waals surface area (Å²) in [4.78, 5) is 17.2. The fraction of sp³-hybridized carbons (Fsp3) is 0.294. The summed E-state index contributed by atoms with van der Waals surface area (Å²) in [5.41, 5.74) is -0.341. The summed E-state index contributed by atoms with van der Waals surface area (Å²) >= 11 is 0. The van der Waals surface area contributed by atoms with E-state index < -0.39 is 35.4 Å². The third kappa shape index (κ3) is 3.57. The van der Waals surface area contributed by atoms with Gasteiger partial charge in [-0.25, -0.2) is 9.37 Å². The van der Waals surface area contributed by atoms with Crippen molar-refractivity contribution in [2.45, 2.75) is 19.2 Å². The molecule has 0 bridgehead atoms. The molecule has 0 saturated carbocycles. The van der Waals surface area contributed by atoms with Crippen LogP contribution in [0.2, 0.25) is 0 Å². The predicted molar refractivity (Wildman–Crippen MR) is 80.7 cm³/mol. The van der Waals surface area contributed by atoms with E-state index in [4.69, 9.17) is 4.74 Å². The number of pyridine rings is 1. The number of nitrogens with zero attached hydrogens (tertiary/aromatic N) is 2. The van der Waals surface area contributed by atoms with E-state index in [0.717, 1.165) is 12.1 Å². The Labute approximate surface area is 141 Å². The van der Waals surface area contributed by atoms with Gasteiger partial charge in [-0.3, -0.25) is 4.79 Å². The molecule has 132 valence electrons. The lowest BCUT2D eigenvalue weighted by atomic mass is 10.1. The maximum Gasteiger partial charge on any atom is 0.421 e. The van der Waals surface area contributed by atoms with Crippen LogP contribution in [-0.4, -0.2) is 35.0 Å². The molecular formula is C17H14F4N2O2. The number of amides is 1. The molecule has 0 N–H and O–H groups in total. The number of carbonyl (C=O) groups is 1. The molecule has 1 aliphatic heterocycles. The number of aromatic nitrogens is 1. The highest BCUT2D eigenvalue weighted by molar-refractivity contribution is 5.94. The number of hydrogen-bond donors (Lipinski definition) is 0. The van der Waals surface area contributed by atoms with Crippen molar-refractivity contribution in [3.63, 3.8) is 0 Å². The normalized spacial score (nSPS) is 15.0. The second kappa shape index (κ2) is 6.34. The SMILES string of the molecule is Cc1ccc(C(=O)N2CC(Oc3ncccc3C(F)(F)F)C2)cc1F. The molecule has 4 nitrogen and oxygen atoms in total. The topological polar surface area (TPSA) is 42.4 Å². The van der Waals surface area contributed by atoms with E-state index in [-0.39, 0.29) is 18.7 Å². The monoisotopic (exact) mass is 354 g/mol. The Morgan fingerprint density at radius 1 is 1.28 bits per heavy atom. The molecule has 1 fully saturated rings. The Morgan fingerprint density at radius 3 is 2.64 bits per heavy atom. The van der Waals surface area contributed by atoms with Gasteiger partial charge in [0.25, 0.3) is 5.91 Å². The number of hydrogen-bond acceptors (Lipinski definition) is 3. The van der Waals surface area contributed by atoms with Gasteiger partial charge in [-0.2, -0.15) is 13.2 Å². The number of halogens is 4. The fourth-order valence-corrected chi connectivity index (χ4v) is 2.45. The van der Waals surface area contributed by atoms with Crippen LogP contribution in [0.15, 0.2) is 36.5 Å². The van der Waals surface area contributed by atoms with Gasteiger partial charge < -0.3 is 9.64 Å². The number of alkyl halides is 3. The number of aryl methyl sites for hydroxylation is 1. The first-order chi connectivity index (χ1) is 11.8. The van der Waals surface area contributed by atoms with Crippen molar-refractivity contribution in [3.8, 4) is 5.88 Å². The number of rotatable bonds is 3. The quantitative estimate of drug-likeness (QED) is 0.793. The Kier molecular flexibility index (Phi) is 4.36. The van der Waals surface area contributed by atoms with Gasteiger partial charge in [0, 0.05) is 11.8 Å². The van der Waals surface area contributed by atoms with Gasteiger partial charge in [0.1, 0.15) is 17.5 Å². The average Bonchev–Trinajstić information content (AvgIpc) is 2.52. The Balaban J connectivity index is 1.64. The van der Waals surface area contributed by atoms with Crippen LogP contribution in [0.3, 0.4) is 0 Å². The summed E-state index contributed by atoms with van der Waals surface area (Å²) in [6.07, 6.45) is -3.95. The average molecular weight is 354 g/mol. The van der Waals surface area contributed by atoms with Gasteiger partial charge >= 0.3 is 6.18 Å². The van der Waals surface area contributed by atoms with Gasteiger partial charge in [0.2, 0.25) is 5.88 Å². The molecule has 1 saturated heterocycles. The molecule has 1 aromatic heterocycles. The fourth-order valence-electron chi connectivity index (χ4n) is 2.45. The van der Waals surface area contributed by atoms with Gasteiger partial charge in [-0.15, -0.1) is 0 Å². The molecule has 0 aliphatic carbocycles. The van der Waals surface area contributed by atoms with Crippen molar-refractivity contribution < 1.29 is 27.1 Å². The predicted octanol–water partition coefficient (Wildman–Crippen LogP) is 3.45. The summed E-state index contributed by atoms with van der Waals surface area (Å²) in [7, 11) is 0. The van der Waals surface area contributed by atoms with Crippen LogP contribution < -0.4 is 4.74 Å². The van der Waals surface area contributed by atoms with Crippen molar-refractivity contribution in [1.82, 2.24) is 9.88 Å². The van der Waals surface area contributed by atoms with Gasteiger partial charge in [0.15, 0.2) is 0 Å². The maximum absolute atomic E-state index is 13.5. The minimum absolute atomic E-state index is 0.113. The largest absolute Gasteiger partial charge is 0.470 e. The second-order valence-electron chi connectivity index (χ2n) is 5.77. The lowest BCUT2D eigenvalue weighted by Gasteiger charge is -2.39. The van der Waals surface area contributed by atoms with Gasteiger partial charge in [0.05, 0.1) is 13.1 Å². The molecule has 8 heteroatoms. The smallest absolute Gasteiger partial charge is 0.421 e. The van der Waals surface area contributed by atoms with E-state index in [2.05, 4.69) is 4.98 Å². The van der Waals surface area contributed by atoms with E-state index in [9.17, 15) is 22.4 Å². The standard InChI is InChI=1S/C17H14F4N2O2/c1-10-4-5-11(7-14(10)18)16(24)23-8-12(9-23)25-15-13(17(19,20)21)3-2-6-22-15/h2-7,12H,8-9H2,1H3. The van der Waals surface area contributed by atoms with E-state index in [1.54, 1.807) is 6.92 Å². The minimum Gasteiger partial charge on any atom is -0.470 e. The molecule has 0 radical (unpaired) electrons. The van der Waals surface area contributed by atoms with Crippen LogP contribution >= 0.6 is 0 Å². The van der Waals surface area contributed by atoms with Crippen molar-refractivity contribution >= 4 is 5.91 Å². The second-order valence-corrected chi connectivity index (χ2v) is 5.77. The lowest BCUT2D eigenvalue weighted by Crippen LogP contribution is -2.56. The summed E-state index contributed by atoms with van der Waals surface area (Å²) < 4.78 is 57.5. The lowest BCUT2D eigenvalue weighted by molar-refractivity contribution is -0.140. The number of benzene rings is 1. The summed E-state index contributed by atoms with van der Waals surface area (Å²) in [5, 5.41) is 0. The zero-order valence-corrected chi connectivity index (χ0v) is 13.2. The van der Waals surface area contributed by atoms with Crippen molar-refractivity contribution in [2.24, 2.45) is 0 Å². The maximum atomic E-state index is 13.5. The molecule has 3 rings (SSSR count).